The molecule has 5 fully saturated rings. The van der Waals surface area contributed by atoms with E-state index in [4.69, 9.17) is 0 Å². The van der Waals surface area contributed by atoms with Crippen LogP contribution in [0.2, 0.25) is 0 Å². The first-order chi connectivity index (χ1) is 13.0. The Labute approximate surface area is 162 Å². The van der Waals surface area contributed by atoms with Gasteiger partial charge in [-0.2, -0.15) is 0 Å². The molecule has 2 N–H and O–H groups in total. The number of aliphatic hydroxyl groups is 2. The molecule has 0 radical (unpaired) electrons. The van der Waals surface area contributed by atoms with Crippen molar-refractivity contribution in [3.63, 3.8) is 0 Å². The maximum Gasteiger partial charge on any atom is 0.137 e. The molecular formula is C23H33N2O2+. The highest BCUT2D eigenvalue weighted by atomic mass is 16.3. The first kappa shape index (κ1) is 17.0. The van der Waals surface area contributed by atoms with Gasteiger partial charge in [-0.25, -0.2) is 0 Å². The molecular weight excluding hydrogens is 336 g/mol. The predicted molar refractivity (Wildman–Crippen MR) is 106 cm³/mol. The third-order valence-electron chi connectivity index (χ3n) is 9.52. The van der Waals surface area contributed by atoms with E-state index < -0.39 is 0 Å². The molecule has 0 aromatic heterocycles. The van der Waals surface area contributed by atoms with Crippen molar-refractivity contribution in [3.05, 3.63) is 29.8 Å². The van der Waals surface area contributed by atoms with Crippen LogP contribution in [0, 0.1) is 17.8 Å². The number of benzene rings is 1. The lowest BCUT2D eigenvalue weighted by Crippen LogP contribution is -2.75. The van der Waals surface area contributed by atoms with E-state index in [2.05, 4.69) is 50.1 Å². The Bertz CT molecular complexity index is 798. The van der Waals surface area contributed by atoms with Gasteiger partial charge in [-0.15, -0.1) is 0 Å². The molecule has 1 saturated carbocycles. The number of hydrogen-bond donors (Lipinski definition) is 2. The van der Waals surface area contributed by atoms with Crippen LogP contribution in [0.3, 0.4) is 0 Å². The van der Waals surface area contributed by atoms with Gasteiger partial charge < -0.3 is 10.2 Å². The Kier molecular flexibility index (Phi) is 3.24. The lowest BCUT2D eigenvalue weighted by molar-refractivity contribution is -0.217. The van der Waals surface area contributed by atoms with E-state index >= 15 is 0 Å². The smallest absolute Gasteiger partial charge is 0.137 e. The Morgan fingerprint density at radius 2 is 1.96 bits per heavy atom. The maximum atomic E-state index is 11.9. The van der Waals surface area contributed by atoms with E-state index in [1.807, 2.05) is 0 Å². The quantitative estimate of drug-likeness (QED) is 0.805. The van der Waals surface area contributed by atoms with Gasteiger partial charge in [0, 0.05) is 23.4 Å². The molecule has 146 valence electrons. The molecule has 4 heteroatoms. The highest BCUT2D eigenvalue weighted by Crippen LogP contribution is 2.70. The Balaban J connectivity index is 1.61. The molecule has 5 heterocycles. The number of piperidine rings is 4. The molecule has 5 aliphatic heterocycles. The van der Waals surface area contributed by atoms with Gasteiger partial charge >= 0.3 is 0 Å². The van der Waals surface area contributed by atoms with Gasteiger partial charge in [0.15, 0.2) is 0 Å². The number of fused-ring (bicyclic) bond motifs is 2. The third kappa shape index (κ3) is 1.61. The number of quaternary nitrogens is 1. The van der Waals surface area contributed by atoms with E-state index in [1.54, 1.807) is 0 Å². The Morgan fingerprint density at radius 3 is 2.70 bits per heavy atom. The van der Waals surface area contributed by atoms with Crippen molar-refractivity contribution in [1.29, 1.82) is 0 Å². The number of rotatable bonds is 3. The van der Waals surface area contributed by atoms with Gasteiger partial charge in [0.05, 0.1) is 31.2 Å². The lowest BCUT2D eigenvalue weighted by Gasteiger charge is -2.62. The summed E-state index contributed by atoms with van der Waals surface area (Å²) in [5.41, 5.74) is 2.73. The zero-order valence-corrected chi connectivity index (χ0v) is 16.8. The van der Waals surface area contributed by atoms with Crippen molar-refractivity contribution < 1.29 is 10.2 Å². The second kappa shape index (κ2) is 5.15. The summed E-state index contributed by atoms with van der Waals surface area (Å²) in [5.74, 6) is 1.14. The molecule has 2 unspecified atom stereocenters. The summed E-state index contributed by atoms with van der Waals surface area (Å²) < 4.78 is 0.931. The van der Waals surface area contributed by atoms with Crippen LogP contribution in [0.5, 0.6) is 0 Å². The second-order valence-electron chi connectivity index (χ2n) is 10.2. The summed E-state index contributed by atoms with van der Waals surface area (Å²) in [6, 6.07) is 10.1. The zero-order chi connectivity index (χ0) is 18.7. The van der Waals surface area contributed by atoms with E-state index in [-0.39, 0.29) is 17.7 Å². The molecule has 1 aromatic rings. The Morgan fingerprint density at radius 1 is 1.19 bits per heavy atom. The van der Waals surface area contributed by atoms with Gasteiger partial charge in [-0.05, 0) is 37.7 Å². The molecule has 1 aliphatic carbocycles. The molecule has 0 amide bonds. The largest absolute Gasteiger partial charge is 0.392 e. The summed E-state index contributed by atoms with van der Waals surface area (Å²) in [4.78, 5) is 2.48. The molecule has 4 nitrogen and oxygen atoms in total. The van der Waals surface area contributed by atoms with Gasteiger partial charge in [0.1, 0.15) is 18.0 Å². The first-order valence-electron chi connectivity index (χ1n) is 11.1. The van der Waals surface area contributed by atoms with Crippen LogP contribution in [0.4, 0.5) is 5.69 Å². The van der Waals surface area contributed by atoms with E-state index in [9.17, 15) is 10.2 Å². The number of para-hydroxylation sites is 1. The van der Waals surface area contributed by atoms with E-state index in [0.717, 1.165) is 36.7 Å². The lowest BCUT2D eigenvalue weighted by atomic mass is 9.62. The molecule has 27 heavy (non-hydrogen) atoms. The van der Waals surface area contributed by atoms with Gasteiger partial charge in [-0.3, -0.25) is 9.38 Å². The van der Waals surface area contributed by atoms with Gasteiger partial charge in [-0.1, -0.05) is 32.0 Å². The predicted octanol–water partition coefficient (Wildman–Crippen LogP) is 2.47. The van der Waals surface area contributed by atoms with Crippen molar-refractivity contribution in [2.45, 2.75) is 75.4 Å². The minimum Gasteiger partial charge on any atom is -0.392 e. The van der Waals surface area contributed by atoms with Crippen LogP contribution in [0.1, 0.15) is 45.1 Å². The number of aliphatic hydroxyl groups excluding tert-OH is 2. The monoisotopic (exact) mass is 369 g/mol. The molecule has 4 saturated heterocycles. The average molecular weight is 370 g/mol. The summed E-state index contributed by atoms with van der Waals surface area (Å²) in [6.07, 6.45) is 3.75. The van der Waals surface area contributed by atoms with Crippen LogP contribution in [-0.4, -0.2) is 59.2 Å². The fraction of sp³-hybridized carbons (Fsp3) is 0.739. The summed E-state index contributed by atoms with van der Waals surface area (Å²) in [7, 11) is 2.40. The fourth-order valence-corrected chi connectivity index (χ4v) is 9.03. The summed E-state index contributed by atoms with van der Waals surface area (Å²) in [6.45, 7) is 5.59. The SMILES string of the molecule is CCC[N+]1(C)c2ccccc2[C@@]23C[C@H]4[C@H]([C@H]5C[C@@H]([C@@H]21)N4[C@H](O)[C@H]5CC)[C@H]3O. The summed E-state index contributed by atoms with van der Waals surface area (Å²) in [5, 5.41) is 23.2. The van der Waals surface area contributed by atoms with E-state index in [0.29, 0.717) is 35.9 Å². The van der Waals surface area contributed by atoms with Crippen LogP contribution in [0.25, 0.3) is 0 Å². The molecule has 1 spiro atoms. The van der Waals surface area contributed by atoms with Crippen molar-refractivity contribution in [1.82, 2.24) is 9.38 Å². The van der Waals surface area contributed by atoms with Crippen LogP contribution in [-0.2, 0) is 5.41 Å². The van der Waals surface area contributed by atoms with Crippen molar-refractivity contribution in [2.24, 2.45) is 17.8 Å². The minimum absolute atomic E-state index is 0.117. The first-order valence-corrected chi connectivity index (χ1v) is 11.1. The van der Waals surface area contributed by atoms with Crippen molar-refractivity contribution >= 4 is 5.69 Å². The van der Waals surface area contributed by atoms with Crippen LogP contribution in [0.15, 0.2) is 24.3 Å². The standard InChI is InChI=1S/C23H33N2O2/c1-4-10-25(3)18-9-7-6-8-15(18)23-12-17-19(21(23)26)14-11-16(20(23)25)24(17)22(27)13(14)5-2/h6-9,13-14,16-17,19-22,26-27H,4-5,10-12H2,1-3H3/q+1/t13-,14-,16-,17-,19-,20-,21+,22+,23-,25?/m0/s1. The van der Waals surface area contributed by atoms with Crippen LogP contribution >= 0.6 is 0 Å². The minimum atomic E-state index is -0.318. The zero-order valence-electron chi connectivity index (χ0n) is 16.8. The highest BCUT2D eigenvalue weighted by molar-refractivity contribution is 5.64. The molecule has 11 atom stereocenters. The number of nitrogens with zero attached hydrogens (tertiary/aromatic N) is 2. The van der Waals surface area contributed by atoms with Crippen LogP contribution < -0.4 is 4.48 Å². The number of hydrogen-bond acceptors (Lipinski definition) is 3. The van der Waals surface area contributed by atoms with Gasteiger partial charge in [0.25, 0.3) is 0 Å². The molecule has 1 aromatic carbocycles. The van der Waals surface area contributed by atoms with Crippen molar-refractivity contribution in [2.75, 3.05) is 13.6 Å². The Hall–Kier alpha value is -0.940. The average Bonchev–Trinajstić information content (AvgIpc) is 3.01. The normalized spacial score (nSPS) is 56.4. The maximum absolute atomic E-state index is 11.9. The third-order valence-corrected chi connectivity index (χ3v) is 9.52. The highest BCUT2D eigenvalue weighted by Gasteiger charge is 2.80. The second-order valence-corrected chi connectivity index (χ2v) is 10.2. The van der Waals surface area contributed by atoms with E-state index in [1.165, 1.54) is 11.3 Å². The van der Waals surface area contributed by atoms with Crippen molar-refractivity contribution in [3.8, 4) is 0 Å². The molecule has 6 aliphatic rings. The topological polar surface area (TPSA) is 43.7 Å². The number of likely N-dealkylation sites (N-methyl/N-ethyl adjacent to an activating group) is 1. The summed E-state index contributed by atoms with van der Waals surface area (Å²) >= 11 is 0. The van der Waals surface area contributed by atoms with Gasteiger partial charge in [0.2, 0.25) is 0 Å². The molecule has 5 bridgehead atoms. The fourth-order valence-electron chi connectivity index (χ4n) is 9.03. The molecule has 7 rings (SSSR count).